The topological polar surface area (TPSA) is 50.8 Å². The Morgan fingerprint density at radius 3 is 2.65 bits per heavy atom. The molecular weight excluding hydrogens is 220 g/mol. The third-order valence-corrected chi connectivity index (χ3v) is 2.79. The van der Waals surface area contributed by atoms with Crippen LogP contribution in [-0.2, 0) is 9.47 Å². The van der Waals surface area contributed by atoms with Crippen LogP contribution in [-0.4, -0.2) is 55.5 Å². The largest absolute Gasteiger partial charge is 0.444 e. The molecule has 0 spiro atoms. The Labute approximate surface area is 103 Å². The van der Waals surface area contributed by atoms with E-state index in [2.05, 4.69) is 5.32 Å². The SMILES string of the molecule is CC(C1CNCCO1)N(C)C(=O)OC(C)(C)C. The Kier molecular flexibility index (Phi) is 4.77. The number of amides is 1. The van der Waals surface area contributed by atoms with E-state index in [9.17, 15) is 4.79 Å². The predicted molar refractivity (Wildman–Crippen MR) is 66.1 cm³/mol. The normalized spacial score (nSPS) is 23.0. The van der Waals surface area contributed by atoms with E-state index in [1.807, 2.05) is 27.7 Å². The molecule has 1 heterocycles. The predicted octanol–water partition coefficient (Wildman–Crippen LogP) is 1.23. The van der Waals surface area contributed by atoms with Crippen LogP contribution in [0.2, 0.25) is 0 Å². The van der Waals surface area contributed by atoms with Crippen LogP contribution in [0.4, 0.5) is 4.79 Å². The third-order valence-electron chi connectivity index (χ3n) is 2.79. The minimum absolute atomic E-state index is 0.00218. The van der Waals surface area contributed by atoms with Crippen LogP contribution in [0.1, 0.15) is 27.7 Å². The van der Waals surface area contributed by atoms with Crippen molar-refractivity contribution in [3.05, 3.63) is 0 Å². The van der Waals surface area contributed by atoms with Crippen LogP contribution in [0.5, 0.6) is 0 Å². The zero-order chi connectivity index (χ0) is 13.1. The summed E-state index contributed by atoms with van der Waals surface area (Å²) in [6.45, 7) is 9.90. The summed E-state index contributed by atoms with van der Waals surface area (Å²) in [6, 6.07) is -0.00218. The van der Waals surface area contributed by atoms with Crippen molar-refractivity contribution in [3.8, 4) is 0 Å². The monoisotopic (exact) mass is 244 g/mol. The molecule has 5 heteroatoms. The molecule has 0 aromatic heterocycles. The molecule has 0 radical (unpaired) electrons. The Bertz CT molecular complexity index is 257. The number of morpholine rings is 1. The number of carbonyl (C=O) groups excluding carboxylic acids is 1. The fourth-order valence-corrected chi connectivity index (χ4v) is 1.65. The van der Waals surface area contributed by atoms with Gasteiger partial charge in [0.1, 0.15) is 5.60 Å². The lowest BCUT2D eigenvalue weighted by Gasteiger charge is -2.35. The van der Waals surface area contributed by atoms with Crippen LogP contribution >= 0.6 is 0 Å². The molecule has 1 amide bonds. The standard InChI is InChI=1S/C12H24N2O3/c1-9(10-8-13-6-7-16-10)14(5)11(15)17-12(2,3)4/h9-10,13H,6-8H2,1-5H3. The Hall–Kier alpha value is -0.810. The van der Waals surface area contributed by atoms with Crippen LogP contribution < -0.4 is 5.32 Å². The Morgan fingerprint density at radius 2 is 2.18 bits per heavy atom. The highest BCUT2D eigenvalue weighted by Gasteiger charge is 2.29. The van der Waals surface area contributed by atoms with E-state index in [1.54, 1.807) is 11.9 Å². The zero-order valence-corrected chi connectivity index (χ0v) is 11.4. The Morgan fingerprint density at radius 1 is 1.53 bits per heavy atom. The van der Waals surface area contributed by atoms with Crippen LogP contribution in [0.3, 0.4) is 0 Å². The van der Waals surface area contributed by atoms with Gasteiger partial charge in [0, 0.05) is 20.1 Å². The molecule has 2 unspecified atom stereocenters. The minimum atomic E-state index is -0.462. The summed E-state index contributed by atoms with van der Waals surface area (Å²) in [5.41, 5.74) is -0.462. The highest BCUT2D eigenvalue weighted by atomic mass is 16.6. The smallest absolute Gasteiger partial charge is 0.410 e. The molecule has 0 aromatic rings. The fraction of sp³-hybridized carbons (Fsp3) is 0.917. The van der Waals surface area contributed by atoms with Crippen LogP contribution in [0.15, 0.2) is 0 Å². The van der Waals surface area contributed by atoms with Gasteiger partial charge >= 0.3 is 6.09 Å². The summed E-state index contributed by atoms with van der Waals surface area (Å²) in [6.07, 6.45) is -0.277. The van der Waals surface area contributed by atoms with Gasteiger partial charge < -0.3 is 19.7 Å². The van der Waals surface area contributed by atoms with Crippen molar-refractivity contribution in [1.82, 2.24) is 10.2 Å². The second-order valence-electron chi connectivity index (χ2n) is 5.45. The van der Waals surface area contributed by atoms with E-state index in [0.717, 1.165) is 13.1 Å². The Balaban J connectivity index is 2.50. The lowest BCUT2D eigenvalue weighted by Crippen LogP contribution is -2.52. The summed E-state index contributed by atoms with van der Waals surface area (Å²) in [7, 11) is 1.75. The minimum Gasteiger partial charge on any atom is -0.444 e. The number of nitrogens with one attached hydrogen (secondary N) is 1. The van der Waals surface area contributed by atoms with Crippen LogP contribution in [0, 0.1) is 0 Å². The number of hydrogen-bond donors (Lipinski definition) is 1. The average molecular weight is 244 g/mol. The maximum Gasteiger partial charge on any atom is 0.410 e. The fourth-order valence-electron chi connectivity index (χ4n) is 1.65. The first-order chi connectivity index (χ1) is 7.81. The molecule has 0 aliphatic carbocycles. The van der Waals surface area contributed by atoms with E-state index in [-0.39, 0.29) is 18.2 Å². The lowest BCUT2D eigenvalue weighted by molar-refractivity contribution is -0.0315. The van der Waals surface area contributed by atoms with Gasteiger partial charge in [0.05, 0.1) is 18.8 Å². The van der Waals surface area contributed by atoms with E-state index in [1.165, 1.54) is 0 Å². The number of carbonyl (C=O) groups is 1. The molecule has 1 fully saturated rings. The zero-order valence-electron chi connectivity index (χ0n) is 11.4. The molecule has 1 aliphatic heterocycles. The molecule has 1 N–H and O–H groups in total. The van der Waals surface area contributed by atoms with Crippen molar-refractivity contribution in [2.45, 2.75) is 45.4 Å². The van der Waals surface area contributed by atoms with E-state index < -0.39 is 5.60 Å². The molecule has 5 nitrogen and oxygen atoms in total. The first-order valence-electron chi connectivity index (χ1n) is 6.09. The van der Waals surface area contributed by atoms with E-state index in [4.69, 9.17) is 9.47 Å². The number of hydrogen-bond acceptors (Lipinski definition) is 4. The maximum atomic E-state index is 11.9. The molecule has 0 bridgehead atoms. The number of ether oxygens (including phenoxy) is 2. The van der Waals surface area contributed by atoms with Gasteiger partial charge in [0.25, 0.3) is 0 Å². The van der Waals surface area contributed by atoms with Gasteiger partial charge in [-0.25, -0.2) is 4.79 Å². The molecule has 1 aliphatic rings. The molecule has 17 heavy (non-hydrogen) atoms. The van der Waals surface area contributed by atoms with Crippen molar-refractivity contribution in [2.24, 2.45) is 0 Å². The first kappa shape index (κ1) is 14.3. The molecule has 1 rings (SSSR count). The van der Waals surface area contributed by atoms with Crippen molar-refractivity contribution < 1.29 is 14.3 Å². The van der Waals surface area contributed by atoms with Gasteiger partial charge in [-0.15, -0.1) is 0 Å². The third kappa shape index (κ3) is 4.52. The summed E-state index contributed by atoms with van der Waals surface area (Å²) in [5, 5.41) is 3.25. The van der Waals surface area contributed by atoms with Crippen molar-refractivity contribution in [1.29, 1.82) is 0 Å². The number of nitrogens with zero attached hydrogens (tertiary/aromatic N) is 1. The number of rotatable bonds is 2. The number of likely N-dealkylation sites (N-methyl/N-ethyl adjacent to an activating group) is 1. The van der Waals surface area contributed by atoms with E-state index in [0.29, 0.717) is 6.61 Å². The summed E-state index contributed by atoms with van der Waals surface area (Å²) < 4.78 is 11.0. The highest BCUT2D eigenvalue weighted by molar-refractivity contribution is 5.68. The van der Waals surface area contributed by atoms with E-state index >= 15 is 0 Å². The van der Waals surface area contributed by atoms with Gasteiger partial charge in [0.15, 0.2) is 0 Å². The second-order valence-corrected chi connectivity index (χ2v) is 5.45. The molecule has 100 valence electrons. The highest BCUT2D eigenvalue weighted by Crippen LogP contribution is 2.14. The van der Waals surface area contributed by atoms with Gasteiger partial charge in [-0.05, 0) is 27.7 Å². The molecular formula is C12H24N2O3. The summed E-state index contributed by atoms with van der Waals surface area (Å²) in [5.74, 6) is 0. The first-order valence-corrected chi connectivity index (χ1v) is 6.09. The van der Waals surface area contributed by atoms with Crippen molar-refractivity contribution >= 4 is 6.09 Å². The molecule has 0 aromatic carbocycles. The quantitative estimate of drug-likeness (QED) is 0.794. The molecule has 1 saturated heterocycles. The maximum absolute atomic E-state index is 11.9. The van der Waals surface area contributed by atoms with Gasteiger partial charge in [-0.3, -0.25) is 0 Å². The van der Waals surface area contributed by atoms with Gasteiger partial charge in [0.2, 0.25) is 0 Å². The molecule has 0 saturated carbocycles. The summed E-state index contributed by atoms with van der Waals surface area (Å²) >= 11 is 0. The molecule has 2 atom stereocenters. The summed E-state index contributed by atoms with van der Waals surface area (Å²) in [4.78, 5) is 13.5. The van der Waals surface area contributed by atoms with Crippen molar-refractivity contribution in [3.63, 3.8) is 0 Å². The van der Waals surface area contributed by atoms with Crippen molar-refractivity contribution in [2.75, 3.05) is 26.7 Å². The second kappa shape index (κ2) is 5.69. The lowest BCUT2D eigenvalue weighted by atomic mass is 10.1. The average Bonchev–Trinajstić information content (AvgIpc) is 2.26. The van der Waals surface area contributed by atoms with Gasteiger partial charge in [-0.2, -0.15) is 0 Å². The van der Waals surface area contributed by atoms with Crippen LogP contribution in [0.25, 0.3) is 0 Å². The van der Waals surface area contributed by atoms with Gasteiger partial charge in [-0.1, -0.05) is 0 Å².